The monoisotopic (exact) mass is 406 g/mol. The third-order valence-corrected chi connectivity index (χ3v) is 5.59. The highest BCUT2D eigenvalue weighted by atomic mass is 16.5. The molecule has 4 rings (SSSR count). The van der Waals surface area contributed by atoms with Gasteiger partial charge < -0.3 is 21.5 Å². The van der Waals surface area contributed by atoms with E-state index in [9.17, 15) is 4.79 Å². The lowest BCUT2D eigenvalue weighted by molar-refractivity contribution is 0.102. The van der Waals surface area contributed by atoms with Crippen molar-refractivity contribution >= 4 is 29.2 Å². The average molecular weight is 406 g/mol. The Labute approximate surface area is 175 Å². The largest absolute Gasteiger partial charge is 0.497 e. The number of methoxy groups -OCH3 is 1. The maximum atomic E-state index is 12.6. The zero-order valence-electron chi connectivity index (χ0n) is 17.0. The predicted molar refractivity (Wildman–Crippen MR) is 119 cm³/mol. The maximum absolute atomic E-state index is 12.6. The molecule has 156 valence electrons. The molecular formula is C22H26N6O2. The average Bonchev–Trinajstić information content (AvgIpc) is 2.74. The van der Waals surface area contributed by atoms with Crippen molar-refractivity contribution < 1.29 is 9.53 Å². The van der Waals surface area contributed by atoms with Gasteiger partial charge in [-0.2, -0.15) is 4.99 Å². The summed E-state index contributed by atoms with van der Waals surface area (Å²) in [6.45, 7) is 0. The molecule has 8 nitrogen and oxygen atoms in total. The van der Waals surface area contributed by atoms with Crippen LogP contribution in [0.2, 0.25) is 0 Å². The number of carbonyl (C=O) groups excluding carboxylic acids is 1. The number of aliphatic imine (C=N–C) groups is 2. The molecule has 0 aromatic heterocycles. The Hall–Kier alpha value is -3.55. The third kappa shape index (κ3) is 3.80. The topological polar surface area (TPSA) is 118 Å². The molecule has 8 heteroatoms. The van der Waals surface area contributed by atoms with E-state index < -0.39 is 5.66 Å². The number of hydrogen-bond donors (Lipinski definition) is 3. The van der Waals surface area contributed by atoms with Crippen LogP contribution in [-0.4, -0.2) is 30.6 Å². The summed E-state index contributed by atoms with van der Waals surface area (Å²) in [7, 11) is 1.60. The van der Waals surface area contributed by atoms with Crippen LogP contribution in [0.1, 0.15) is 42.5 Å². The molecule has 5 N–H and O–H groups in total. The van der Waals surface area contributed by atoms with Crippen LogP contribution in [-0.2, 0) is 0 Å². The number of amides is 1. The zero-order valence-corrected chi connectivity index (χ0v) is 17.0. The summed E-state index contributed by atoms with van der Waals surface area (Å²) in [5, 5.41) is 2.89. The van der Waals surface area contributed by atoms with Gasteiger partial charge in [-0.15, -0.1) is 0 Å². The van der Waals surface area contributed by atoms with E-state index in [0.29, 0.717) is 17.2 Å². The van der Waals surface area contributed by atoms with Gasteiger partial charge in [0.1, 0.15) is 11.4 Å². The summed E-state index contributed by atoms with van der Waals surface area (Å²) < 4.78 is 5.14. The van der Waals surface area contributed by atoms with E-state index in [1.54, 1.807) is 43.5 Å². The van der Waals surface area contributed by atoms with Crippen molar-refractivity contribution in [3.8, 4) is 5.75 Å². The number of carbonyl (C=O) groups is 1. The van der Waals surface area contributed by atoms with E-state index in [-0.39, 0.29) is 11.9 Å². The molecule has 1 aliphatic heterocycles. The molecule has 1 spiro atoms. The second kappa shape index (κ2) is 8.06. The van der Waals surface area contributed by atoms with Gasteiger partial charge in [-0.05, 0) is 74.2 Å². The Morgan fingerprint density at radius 1 is 1.03 bits per heavy atom. The summed E-state index contributed by atoms with van der Waals surface area (Å²) in [6, 6.07) is 14.5. The molecule has 1 saturated carbocycles. The highest BCUT2D eigenvalue weighted by molar-refractivity contribution is 6.07. The van der Waals surface area contributed by atoms with Crippen LogP contribution in [0.3, 0.4) is 0 Å². The summed E-state index contributed by atoms with van der Waals surface area (Å²) in [5.74, 6) is 1.10. The normalized spacial score (nSPS) is 17.8. The summed E-state index contributed by atoms with van der Waals surface area (Å²) >= 11 is 0. The lowest BCUT2D eigenvalue weighted by atomic mass is 9.87. The Bertz CT molecular complexity index is 976. The van der Waals surface area contributed by atoms with Crippen LogP contribution in [0.4, 0.5) is 11.4 Å². The van der Waals surface area contributed by atoms with Gasteiger partial charge in [0.2, 0.25) is 11.9 Å². The fraction of sp³-hybridized carbons (Fsp3) is 0.318. The molecular weight excluding hydrogens is 380 g/mol. The number of rotatable bonds is 4. The van der Waals surface area contributed by atoms with Crippen LogP contribution in [0.5, 0.6) is 5.75 Å². The van der Waals surface area contributed by atoms with Crippen molar-refractivity contribution in [2.75, 3.05) is 17.3 Å². The van der Waals surface area contributed by atoms with Crippen molar-refractivity contribution in [2.45, 2.75) is 37.8 Å². The first-order chi connectivity index (χ1) is 14.5. The van der Waals surface area contributed by atoms with Gasteiger partial charge >= 0.3 is 0 Å². The third-order valence-electron chi connectivity index (χ3n) is 5.59. The molecule has 0 radical (unpaired) electrons. The Balaban J connectivity index is 1.54. The van der Waals surface area contributed by atoms with Crippen molar-refractivity contribution in [2.24, 2.45) is 21.5 Å². The van der Waals surface area contributed by atoms with Gasteiger partial charge in [-0.25, -0.2) is 4.99 Å². The maximum Gasteiger partial charge on any atom is 0.255 e. The fourth-order valence-corrected chi connectivity index (χ4v) is 4.13. The van der Waals surface area contributed by atoms with E-state index in [1.165, 1.54) is 6.42 Å². The molecule has 1 heterocycles. The highest BCUT2D eigenvalue weighted by Gasteiger charge is 2.42. The highest BCUT2D eigenvalue weighted by Crippen LogP contribution is 2.39. The number of nitrogens with one attached hydrogen (secondary N) is 1. The molecule has 2 aliphatic rings. The first kappa shape index (κ1) is 19.8. The standard InChI is InChI=1S/C22H26N6O2/c1-30-18-11-7-16(8-12-18)25-19(29)15-5-9-17(10-6-15)28-21(24)26-20(23)27-22(28)13-3-2-4-14-22/h5-12H,2-4,13-14H2,1H3,(H,25,29)(H4,23,24,26,27). The van der Waals surface area contributed by atoms with Crippen LogP contribution in [0.25, 0.3) is 0 Å². The predicted octanol–water partition coefficient (Wildman–Crippen LogP) is 3.06. The molecule has 0 bridgehead atoms. The molecule has 0 unspecified atom stereocenters. The minimum absolute atomic E-state index is 0.193. The van der Waals surface area contributed by atoms with Crippen LogP contribution in [0.15, 0.2) is 58.5 Å². The first-order valence-electron chi connectivity index (χ1n) is 10.1. The Morgan fingerprint density at radius 2 is 1.70 bits per heavy atom. The van der Waals surface area contributed by atoms with E-state index in [0.717, 1.165) is 37.1 Å². The van der Waals surface area contributed by atoms with Gasteiger partial charge in [-0.3, -0.25) is 9.69 Å². The number of benzene rings is 2. The lowest BCUT2D eigenvalue weighted by Gasteiger charge is -2.45. The molecule has 1 aliphatic carbocycles. The molecule has 30 heavy (non-hydrogen) atoms. The summed E-state index contributed by atoms with van der Waals surface area (Å²) in [5.41, 5.74) is 13.8. The van der Waals surface area contributed by atoms with E-state index in [1.807, 2.05) is 17.0 Å². The van der Waals surface area contributed by atoms with E-state index >= 15 is 0 Å². The zero-order chi connectivity index (χ0) is 21.1. The molecule has 0 saturated heterocycles. The van der Waals surface area contributed by atoms with Crippen LogP contribution < -0.4 is 26.4 Å². The molecule has 2 aromatic rings. The van der Waals surface area contributed by atoms with Crippen molar-refractivity contribution in [3.05, 3.63) is 54.1 Å². The first-order valence-corrected chi connectivity index (χ1v) is 10.1. The minimum Gasteiger partial charge on any atom is -0.497 e. The minimum atomic E-state index is -0.499. The van der Waals surface area contributed by atoms with Gasteiger partial charge in [0.05, 0.1) is 7.11 Å². The van der Waals surface area contributed by atoms with E-state index in [2.05, 4.69) is 15.3 Å². The molecule has 2 aromatic carbocycles. The molecule has 1 fully saturated rings. The van der Waals surface area contributed by atoms with E-state index in [4.69, 9.17) is 16.2 Å². The second-order valence-corrected chi connectivity index (χ2v) is 7.55. The number of ether oxygens (including phenoxy) is 1. The van der Waals surface area contributed by atoms with Gasteiger partial charge in [-0.1, -0.05) is 6.42 Å². The number of guanidine groups is 2. The van der Waals surface area contributed by atoms with Crippen molar-refractivity contribution in [1.29, 1.82) is 0 Å². The molecule has 1 amide bonds. The Morgan fingerprint density at radius 3 is 2.33 bits per heavy atom. The SMILES string of the molecule is COc1ccc(NC(=O)c2ccc(N3C(N)=NC(N)=NC34CCCCC4)cc2)cc1. The van der Waals surface area contributed by atoms with Gasteiger partial charge in [0.15, 0.2) is 0 Å². The van der Waals surface area contributed by atoms with Gasteiger partial charge in [0.25, 0.3) is 5.91 Å². The molecule has 0 atom stereocenters. The lowest BCUT2D eigenvalue weighted by Crippen LogP contribution is -2.58. The number of hydrogen-bond acceptors (Lipinski definition) is 7. The van der Waals surface area contributed by atoms with Crippen molar-refractivity contribution in [1.82, 2.24) is 0 Å². The fourth-order valence-electron chi connectivity index (χ4n) is 4.13. The van der Waals surface area contributed by atoms with Crippen molar-refractivity contribution in [3.63, 3.8) is 0 Å². The number of nitrogens with zero attached hydrogens (tertiary/aromatic N) is 3. The number of nitrogens with two attached hydrogens (primary N) is 2. The quantitative estimate of drug-likeness (QED) is 0.721. The number of anilines is 2. The van der Waals surface area contributed by atoms with Crippen LogP contribution in [0, 0.1) is 0 Å². The summed E-state index contributed by atoms with van der Waals surface area (Å²) in [6.07, 6.45) is 5.02. The smallest absolute Gasteiger partial charge is 0.255 e. The Kier molecular flexibility index (Phi) is 5.31. The van der Waals surface area contributed by atoms with Crippen LogP contribution >= 0.6 is 0 Å². The van der Waals surface area contributed by atoms with Gasteiger partial charge in [0, 0.05) is 16.9 Å². The summed E-state index contributed by atoms with van der Waals surface area (Å²) in [4.78, 5) is 23.4. The second-order valence-electron chi connectivity index (χ2n) is 7.55.